The van der Waals surface area contributed by atoms with Crippen LogP contribution in [0.1, 0.15) is 68.0 Å². The zero-order valence-electron chi connectivity index (χ0n) is 22.6. The van der Waals surface area contributed by atoms with Crippen molar-refractivity contribution < 1.29 is 1.37 Å². The summed E-state index contributed by atoms with van der Waals surface area (Å²) in [5, 5.41) is 26.7. The molecule has 1 aliphatic carbocycles. The average Bonchev–Trinajstić information content (AvgIpc) is 3.71. The molecule has 5 aromatic rings. The lowest BCUT2D eigenvalue weighted by Gasteiger charge is -2.22. The predicted molar refractivity (Wildman–Crippen MR) is 158 cm³/mol. The van der Waals surface area contributed by atoms with Crippen molar-refractivity contribution in [3.05, 3.63) is 106 Å². The Morgan fingerprint density at radius 1 is 1.12 bits per heavy atom. The number of fused-ring (bicyclic) bond motifs is 1. The summed E-state index contributed by atoms with van der Waals surface area (Å²) in [5.41, 5.74) is 3.95. The molecular formula is C30H26Cl2N8. The molecule has 0 saturated heterocycles. The lowest BCUT2D eigenvalue weighted by Crippen LogP contribution is -2.14. The Bertz CT molecular complexity index is 1770. The molecule has 0 bridgehead atoms. The van der Waals surface area contributed by atoms with Gasteiger partial charge in [-0.2, -0.15) is 5.26 Å². The van der Waals surface area contributed by atoms with Crippen LogP contribution in [0.4, 0.5) is 11.4 Å². The quantitative estimate of drug-likeness (QED) is 0.177. The van der Waals surface area contributed by atoms with Crippen molar-refractivity contribution in [1.29, 1.82) is 5.26 Å². The van der Waals surface area contributed by atoms with E-state index in [-0.39, 0.29) is 11.2 Å². The number of halogens is 2. The SMILES string of the molecule is [2H]C(Nc1cc(Cl)c2ncc(C#N)c(N[C@H](CC)c3ccccc3)c2c1)(c1cn(C2CC2)nn1)c1cccnc1Cl. The summed E-state index contributed by atoms with van der Waals surface area (Å²) < 4.78 is 11.4. The molecule has 0 aliphatic heterocycles. The molecule has 1 fully saturated rings. The first-order valence-corrected chi connectivity index (χ1v) is 13.8. The molecular weight excluding hydrogens is 543 g/mol. The second-order valence-corrected chi connectivity index (χ2v) is 10.5. The van der Waals surface area contributed by atoms with Crippen LogP contribution >= 0.6 is 23.2 Å². The number of hydrogen-bond donors (Lipinski definition) is 2. The van der Waals surface area contributed by atoms with Crippen LogP contribution in [-0.4, -0.2) is 25.0 Å². The fraction of sp³-hybridized carbons (Fsp3) is 0.233. The van der Waals surface area contributed by atoms with Gasteiger partial charge in [0.15, 0.2) is 0 Å². The number of nitrogens with one attached hydrogen (secondary N) is 2. The van der Waals surface area contributed by atoms with E-state index in [4.69, 9.17) is 23.2 Å². The molecule has 8 nitrogen and oxygen atoms in total. The van der Waals surface area contributed by atoms with Gasteiger partial charge in [-0.05, 0) is 43.0 Å². The lowest BCUT2D eigenvalue weighted by molar-refractivity contribution is 0.610. The molecule has 10 heteroatoms. The van der Waals surface area contributed by atoms with Gasteiger partial charge in [0.05, 0.1) is 41.4 Å². The summed E-state index contributed by atoms with van der Waals surface area (Å²) in [6.45, 7) is 2.08. The van der Waals surface area contributed by atoms with Gasteiger partial charge < -0.3 is 10.6 Å². The van der Waals surface area contributed by atoms with Gasteiger partial charge in [0.2, 0.25) is 0 Å². The maximum Gasteiger partial charge on any atom is 0.134 e. The van der Waals surface area contributed by atoms with Crippen molar-refractivity contribution in [2.24, 2.45) is 0 Å². The Morgan fingerprint density at radius 2 is 1.95 bits per heavy atom. The molecule has 2 N–H and O–H groups in total. The molecule has 1 aliphatic rings. The van der Waals surface area contributed by atoms with E-state index >= 15 is 0 Å². The van der Waals surface area contributed by atoms with Gasteiger partial charge in [0.25, 0.3) is 0 Å². The molecule has 3 heterocycles. The normalized spacial score (nSPS) is 15.6. The van der Waals surface area contributed by atoms with E-state index in [1.807, 2.05) is 24.3 Å². The summed E-state index contributed by atoms with van der Waals surface area (Å²) in [7, 11) is 0. The number of anilines is 2. The Balaban J connectivity index is 1.47. The first kappa shape index (κ1) is 24.8. The van der Waals surface area contributed by atoms with E-state index in [0.29, 0.717) is 50.2 Å². The third-order valence-electron chi connectivity index (χ3n) is 6.96. The molecule has 200 valence electrons. The minimum atomic E-state index is -1.64. The van der Waals surface area contributed by atoms with Gasteiger partial charge in [-0.3, -0.25) is 4.98 Å². The summed E-state index contributed by atoms with van der Waals surface area (Å²) >= 11 is 13.3. The van der Waals surface area contributed by atoms with Crippen molar-refractivity contribution in [1.82, 2.24) is 25.0 Å². The van der Waals surface area contributed by atoms with Crippen LogP contribution in [0, 0.1) is 11.3 Å². The Kier molecular flexibility index (Phi) is 6.90. The molecule has 0 amide bonds. The third kappa shape index (κ3) is 5.18. The standard InChI is InChI=1S/C30H26Cl2N8/c1-2-25(18-7-4-3-5-8-18)37-27-19(15-33)16-35-28-23(27)13-20(14-24(28)31)36-29(22-9-6-12-34-30(22)32)26-17-40(39-38-26)21-10-11-21/h3-9,12-14,16-17,21,25,29,36H,2,10-11H2,1H3,(H,35,37)/t25-,29?/m1/s1/i29D. The van der Waals surface area contributed by atoms with Crippen LogP contribution in [0.3, 0.4) is 0 Å². The topological polar surface area (TPSA) is 104 Å². The lowest BCUT2D eigenvalue weighted by atomic mass is 10.0. The van der Waals surface area contributed by atoms with Gasteiger partial charge in [0.1, 0.15) is 22.9 Å². The van der Waals surface area contributed by atoms with E-state index in [1.54, 1.807) is 35.3 Å². The highest BCUT2D eigenvalue weighted by molar-refractivity contribution is 6.36. The minimum Gasteiger partial charge on any atom is -0.377 e. The molecule has 6 rings (SSSR count). The molecule has 0 spiro atoms. The Labute approximate surface area is 243 Å². The van der Waals surface area contributed by atoms with Crippen molar-refractivity contribution in [2.45, 2.75) is 44.3 Å². The van der Waals surface area contributed by atoms with Crippen molar-refractivity contribution in [3.63, 3.8) is 0 Å². The molecule has 3 aromatic heterocycles. The van der Waals surface area contributed by atoms with Crippen molar-refractivity contribution >= 4 is 45.5 Å². The van der Waals surface area contributed by atoms with Crippen LogP contribution in [-0.2, 0) is 0 Å². The van der Waals surface area contributed by atoms with Gasteiger partial charge >= 0.3 is 0 Å². The van der Waals surface area contributed by atoms with Crippen LogP contribution in [0.5, 0.6) is 0 Å². The van der Waals surface area contributed by atoms with Gasteiger partial charge in [-0.1, -0.05) is 71.7 Å². The molecule has 2 aromatic carbocycles. The van der Waals surface area contributed by atoms with E-state index in [2.05, 4.69) is 56.0 Å². The largest absolute Gasteiger partial charge is 0.377 e. The smallest absolute Gasteiger partial charge is 0.134 e. The third-order valence-corrected chi connectivity index (χ3v) is 7.55. The first-order chi connectivity index (χ1) is 19.9. The molecule has 0 radical (unpaired) electrons. The van der Waals surface area contributed by atoms with E-state index in [9.17, 15) is 6.63 Å². The monoisotopic (exact) mass is 569 g/mol. The summed E-state index contributed by atoms with van der Waals surface area (Å²) in [5.74, 6) is 0. The fourth-order valence-electron chi connectivity index (χ4n) is 4.75. The molecule has 1 saturated carbocycles. The number of nitriles is 1. The highest BCUT2D eigenvalue weighted by atomic mass is 35.5. The maximum absolute atomic E-state index is 9.99. The Morgan fingerprint density at radius 3 is 2.67 bits per heavy atom. The van der Waals surface area contributed by atoms with E-state index < -0.39 is 6.02 Å². The van der Waals surface area contributed by atoms with Crippen molar-refractivity contribution in [2.75, 3.05) is 10.6 Å². The summed E-state index contributed by atoms with van der Waals surface area (Å²) in [4.78, 5) is 8.70. The molecule has 1 unspecified atom stereocenters. The fourth-order valence-corrected chi connectivity index (χ4v) is 5.23. The number of rotatable bonds is 9. The maximum atomic E-state index is 9.99. The summed E-state index contributed by atoms with van der Waals surface area (Å²) in [6.07, 6.45) is 7.72. The average molecular weight is 571 g/mol. The number of pyridine rings is 2. The first-order valence-electron chi connectivity index (χ1n) is 13.6. The zero-order chi connectivity index (χ0) is 28.6. The minimum absolute atomic E-state index is 0.0498. The Hall–Kier alpha value is -4.19. The van der Waals surface area contributed by atoms with E-state index in [1.165, 1.54) is 6.20 Å². The van der Waals surface area contributed by atoms with Crippen LogP contribution < -0.4 is 10.6 Å². The molecule has 40 heavy (non-hydrogen) atoms. The molecule has 2 atom stereocenters. The van der Waals surface area contributed by atoms with Crippen LogP contribution in [0.25, 0.3) is 10.9 Å². The van der Waals surface area contributed by atoms with E-state index in [0.717, 1.165) is 24.8 Å². The second-order valence-electron chi connectivity index (χ2n) is 9.69. The second kappa shape index (κ2) is 11.1. The van der Waals surface area contributed by atoms with Crippen LogP contribution in [0.15, 0.2) is 73.2 Å². The number of benzene rings is 2. The number of hydrogen-bond acceptors (Lipinski definition) is 7. The van der Waals surface area contributed by atoms with Gasteiger partial charge in [-0.25, -0.2) is 9.67 Å². The summed E-state index contributed by atoms with van der Waals surface area (Å²) in [6, 6.07) is 17.9. The predicted octanol–water partition coefficient (Wildman–Crippen LogP) is 7.50. The number of nitrogens with zero attached hydrogens (tertiary/aromatic N) is 6. The number of aromatic nitrogens is 5. The van der Waals surface area contributed by atoms with Crippen molar-refractivity contribution in [3.8, 4) is 6.07 Å². The van der Waals surface area contributed by atoms with Gasteiger partial charge in [0, 0.05) is 29.0 Å². The van der Waals surface area contributed by atoms with Crippen LogP contribution in [0.2, 0.25) is 10.2 Å². The highest BCUT2D eigenvalue weighted by Crippen LogP contribution is 2.39. The highest BCUT2D eigenvalue weighted by Gasteiger charge is 2.28. The zero-order valence-corrected chi connectivity index (χ0v) is 23.2. The van der Waals surface area contributed by atoms with Gasteiger partial charge in [-0.15, -0.1) is 5.10 Å².